The number of nitrogens with one attached hydrogen (secondary N) is 1. The van der Waals surface area contributed by atoms with Gasteiger partial charge in [-0.25, -0.2) is 0 Å². The highest BCUT2D eigenvalue weighted by molar-refractivity contribution is 9.10. The van der Waals surface area contributed by atoms with Crippen LogP contribution in [-0.2, 0) is 9.53 Å². The smallest absolute Gasteiger partial charge is 0.310 e. The van der Waals surface area contributed by atoms with Gasteiger partial charge in [0.25, 0.3) is 0 Å². The summed E-state index contributed by atoms with van der Waals surface area (Å²) in [6, 6.07) is 2.00. The number of carbonyl (C=O) groups excluding carboxylic acids is 1. The fourth-order valence-electron chi connectivity index (χ4n) is 1.36. The van der Waals surface area contributed by atoms with Gasteiger partial charge in [0, 0.05) is 16.4 Å². The second-order valence-corrected chi connectivity index (χ2v) is 5.71. The summed E-state index contributed by atoms with van der Waals surface area (Å²) < 4.78 is 5.84. The first-order valence-electron chi connectivity index (χ1n) is 5.10. The van der Waals surface area contributed by atoms with Crippen molar-refractivity contribution in [1.82, 2.24) is 0 Å². The molecular weight excluding hydrogens is 290 g/mol. The van der Waals surface area contributed by atoms with E-state index in [2.05, 4.69) is 21.2 Å². The van der Waals surface area contributed by atoms with Gasteiger partial charge in [-0.2, -0.15) is 0 Å². The summed E-state index contributed by atoms with van der Waals surface area (Å²) in [5.74, 6) is 0.00681. The predicted molar refractivity (Wildman–Crippen MR) is 70.9 cm³/mol. The molecule has 1 aromatic heterocycles. The highest BCUT2D eigenvalue weighted by atomic mass is 79.9. The van der Waals surface area contributed by atoms with Crippen molar-refractivity contribution in [3.05, 3.63) is 15.9 Å². The Bertz CT molecular complexity index is 352. The Morgan fingerprint density at radius 2 is 2.31 bits per heavy atom. The lowest BCUT2D eigenvalue weighted by molar-refractivity contribution is -0.146. The van der Waals surface area contributed by atoms with Crippen LogP contribution in [0, 0.1) is 11.8 Å². The van der Waals surface area contributed by atoms with Gasteiger partial charge in [-0.05, 0) is 27.9 Å². The summed E-state index contributed by atoms with van der Waals surface area (Å²) >= 11 is 5.00. The monoisotopic (exact) mass is 305 g/mol. The largest absolute Gasteiger partial charge is 0.469 e. The van der Waals surface area contributed by atoms with Gasteiger partial charge in [-0.1, -0.05) is 13.8 Å². The number of halogens is 1. The molecule has 1 unspecified atom stereocenters. The van der Waals surface area contributed by atoms with Crippen LogP contribution in [0.4, 0.5) is 5.00 Å². The van der Waals surface area contributed by atoms with Crippen LogP contribution in [0.1, 0.15) is 13.8 Å². The lowest BCUT2D eigenvalue weighted by atomic mass is 9.96. The normalized spacial score (nSPS) is 12.6. The van der Waals surface area contributed by atoms with E-state index in [1.54, 1.807) is 11.3 Å². The van der Waals surface area contributed by atoms with Gasteiger partial charge in [0.1, 0.15) is 0 Å². The molecule has 3 nitrogen and oxygen atoms in total. The van der Waals surface area contributed by atoms with Crippen LogP contribution in [0.25, 0.3) is 0 Å². The zero-order valence-corrected chi connectivity index (χ0v) is 12.0. The van der Waals surface area contributed by atoms with Crippen molar-refractivity contribution in [3.8, 4) is 0 Å². The number of anilines is 1. The van der Waals surface area contributed by atoms with Crippen molar-refractivity contribution < 1.29 is 9.53 Å². The molecule has 0 aliphatic heterocycles. The highest BCUT2D eigenvalue weighted by Crippen LogP contribution is 2.25. The topological polar surface area (TPSA) is 38.3 Å². The fraction of sp³-hybridized carbons (Fsp3) is 0.545. The molecule has 1 aromatic rings. The summed E-state index contributed by atoms with van der Waals surface area (Å²) in [6.07, 6.45) is 0. The van der Waals surface area contributed by atoms with Gasteiger partial charge in [-0.3, -0.25) is 4.79 Å². The molecule has 0 aliphatic carbocycles. The number of hydrogen-bond acceptors (Lipinski definition) is 4. The minimum Gasteiger partial charge on any atom is -0.469 e. The Kier molecular flexibility index (Phi) is 5.28. The number of ether oxygens (including phenoxy) is 1. The Morgan fingerprint density at radius 3 is 2.75 bits per heavy atom. The van der Waals surface area contributed by atoms with Gasteiger partial charge < -0.3 is 10.1 Å². The van der Waals surface area contributed by atoms with Crippen LogP contribution in [0.3, 0.4) is 0 Å². The van der Waals surface area contributed by atoms with Crippen molar-refractivity contribution in [2.24, 2.45) is 11.8 Å². The SMILES string of the molecule is COC(=O)C(CNc1cc(Br)cs1)C(C)C. The maximum atomic E-state index is 11.5. The van der Waals surface area contributed by atoms with E-state index in [-0.39, 0.29) is 17.8 Å². The molecule has 1 N–H and O–H groups in total. The molecule has 0 aromatic carbocycles. The molecule has 1 heterocycles. The molecule has 16 heavy (non-hydrogen) atoms. The molecule has 0 amide bonds. The van der Waals surface area contributed by atoms with Gasteiger partial charge >= 0.3 is 5.97 Å². The predicted octanol–water partition coefficient (Wildman–Crippen LogP) is 3.37. The first-order chi connectivity index (χ1) is 7.54. The minimum atomic E-state index is -0.155. The zero-order chi connectivity index (χ0) is 12.1. The molecule has 0 aliphatic rings. The Morgan fingerprint density at radius 1 is 1.62 bits per heavy atom. The van der Waals surface area contributed by atoms with Crippen molar-refractivity contribution in [2.45, 2.75) is 13.8 Å². The summed E-state index contributed by atoms with van der Waals surface area (Å²) in [7, 11) is 1.43. The van der Waals surface area contributed by atoms with Crippen LogP contribution in [0.5, 0.6) is 0 Å². The van der Waals surface area contributed by atoms with E-state index in [4.69, 9.17) is 4.74 Å². The summed E-state index contributed by atoms with van der Waals surface area (Å²) in [5.41, 5.74) is 0. The van der Waals surface area contributed by atoms with Crippen LogP contribution in [0.15, 0.2) is 15.9 Å². The van der Waals surface area contributed by atoms with Crippen LogP contribution >= 0.6 is 27.3 Å². The lowest BCUT2D eigenvalue weighted by Gasteiger charge is -2.18. The first kappa shape index (κ1) is 13.5. The van der Waals surface area contributed by atoms with E-state index in [0.717, 1.165) is 9.47 Å². The molecule has 0 bridgehead atoms. The molecule has 1 rings (SSSR count). The number of hydrogen-bond donors (Lipinski definition) is 1. The molecule has 90 valence electrons. The van der Waals surface area contributed by atoms with Crippen molar-refractivity contribution >= 4 is 38.2 Å². The summed E-state index contributed by atoms with van der Waals surface area (Å²) in [4.78, 5) is 11.5. The Labute approximate surface area is 108 Å². The number of methoxy groups -OCH3 is 1. The van der Waals surface area contributed by atoms with Gasteiger partial charge in [0.15, 0.2) is 0 Å². The van der Waals surface area contributed by atoms with Crippen LogP contribution in [-0.4, -0.2) is 19.6 Å². The maximum absolute atomic E-state index is 11.5. The lowest BCUT2D eigenvalue weighted by Crippen LogP contribution is -2.28. The molecule has 0 saturated carbocycles. The third-order valence-corrected chi connectivity index (χ3v) is 4.02. The quantitative estimate of drug-likeness (QED) is 0.848. The minimum absolute atomic E-state index is 0.106. The van der Waals surface area contributed by atoms with Crippen LogP contribution < -0.4 is 5.32 Å². The third kappa shape index (κ3) is 3.79. The first-order valence-corrected chi connectivity index (χ1v) is 6.77. The third-order valence-electron chi connectivity index (χ3n) is 2.37. The molecule has 1 atom stereocenters. The van der Waals surface area contributed by atoms with E-state index < -0.39 is 0 Å². The molecule has 0 spiro atoms. The standard InChI is InChI=1S/C11H16BrNO2S/c1-7(2)9(11(14)15-3)5-13-10-4-8(12)6-16-10/h4,6-7,9,13H,5H2,1-3H3. The van der Waals surface area contributed by atoms with E-state index in [1.165, 1.54) is 7.11 Å². The molecule has 5 heteroatoms. The van der Waals surface area contributed by atoms with Gasteiger partial charge in [0.05, 0.1) is 18.0 Å². The van der Waals surface area contributed by atoms with Gasteiger partial charge in [-0.15, -0.1) is 11.3 Å². The maximum Gasteiger partial charge on any atom is 0.310 e. The van der Waals surface area contributed by atoms with Crippen molar-refractivity contribution in [2.75, 3.05) is 19.0 Å². The number of thiophene rings is 1. The number of esters is 1. The number of rotatable bonds is 5. The summed E-state index contributed by atoms with van der Waals surface area (Å²) in [6.45, 7) is 4.65. The van der Waals surface area contributed by atoms with E-state index in [0.29, 0.717) is 6.54 Å². The van der Waals surface area contributed by atoms with E-state index in [1.807, 2.05) is 25.3 Å². The highest BCUT2D eigenvalue weighted by Gasteiger charge is 2.22. The van der Waals surface area contributed by atoms with Crippen LogP contribution in [0.2, 0.25) is 0 Å². The van der Waals surface area contributed by atoms with Crippen molar-refractivity contribution in [1.29, 1.82) is 0 Å². The molecule has 0 fully saturated rings. The Balaban J connectivity index is 2.53. The number of carbonyl (C=O) groups is 1. The van der Waals surface area contributed by atoms with Gasteiger partial charge in [0.2, 0.25) is 0 Å². The average Bonchev–Trinajstić information content (AvgIpc) is 2.63. The van der Waals surface area contributed by atoms with E-state index in [9.17, 15) is 4.79 Å². The molecule has 0 radical (unpaired) electrons. The second-order valence-electron chi connectivity index (χ2n) is 3.88. The second kappa shape index (κ2) is 6.25. The zero-order valence-electron chi connectivity index (χ0n) is 9.62. The average molecular weight is 306 g/mol. The molecular formula is C11H16BrNO2S. The van der Waals surface area contributed by atoms with E-state index >= 15 is 0 Å². The summed E-state index contributed by atoms with van der Waals surface area (Å²) in [5, 5.41) is 6.31. The fourth-order valence-corrected chi connectivity index (χ4v) is 2.69. The Hall–Kier alpha value is -0.550. The van der Waals surface area contributed by atoms with Crippen molar-refractivity contribution in [3.63, 3.8) is 0 Å². The molecule has 0 saturated heterocycles.